The molecule has 0 bridgehead atoms. The van der Waals surface area contributed by atoms with E-state index in [1.807, 2.05) is 29.8 Å². The number of carbonyl (C=O) groups is 1. The molecule has 1 atom stereocenters. The number of hydrogen-bond acceptors (Lipinski definition) is 7. The summed E-state index contributed by atoms with van der Waals surface area (Å²) in [5, 5.41) is 3.91. The molecule has 1 fully saturated rings. The van der Waals surface area contributed by atoms with E-state index < -0.39 is 11.7 Å². The van der Waals surface area contributed by atoms with Crippen LogP contribution in [0, 0.1) is 5.92 Å². The number of nitrogens with zero attached hydrogens (tertiary/aromatic N) is 4. The molecular weight excluding hydrogens is 531 g/mol. The molecule has 1 aliphatic rings. The molecule has 11 heteroatoms. The van der Waals surface area contributed by atoms with Gasteiger partial charge in [-0.2, -0.15) is 13.2 Å². The van der Waals surface area contributed by atoms with Crippen LogP contribution in [0.25, 0.3) is 30.9 Å². The predicted octanol–water partition coefficient (Wildman–Crippen LogP) is 6.52. The van der Waals surface area contributed by atoms with Gasteiger partial charge in [-0.15, -0.1) is 22.7 Å². The van der Waals surface area contributed by atoms with Gasteiger partial charge in [-0.05, 0) is 54.3 Å². The van der Waals surface area contributed by atoms with Crippen LogP contribution in [0.3, 0.4) is 0 Å². The van der Waals surface area contributed by atoms with E-state index in [1.165, 1.54) is 29.8 Å². The topological polar surface area (TPSA) is 71.0 Å². The number of thiazole rings is 1. The molecule has 6 nitrogen and oxygen atoms in total. The third-order valence-electron chi connectivity index (χ3n) is 6.76. The molecule has 0 radical (unpaired) electrons. The Kier molecular flexibility index (Phi) is 6.48. The normalized spacial score (nSPS) is 16.3. The molecule has 4 heterocycles. The van der Waals surface area contributed by atoms with E-state index in [-0.39, 0.29) is 11.8 Å². The molecular formula is C27H22F3N5OS2. The highest BCUT2D eigenvalue weighted by molar-refractivity contribution is 7.22. The molecule has 2 aromatic carbocycles. The lowest BCUT2D eigenvalue weighted by atomic mass is 9.96. The van der Waals surface area contributed by atoms with Crippen LogP contribution in [0.15, 0.2) is 60.4 Å². The van der Waals surface area contributed by atoms with E-state index in [9.17, 15) is 18.0 Å². The minimum absolute atomic E-state index is 0.00846. The maximum Gasteiger partial charge on any atom is 0.416 e. The Balaban J connectivity index is 1.17. The summed E-state index contributed by atoms with van der Waals surface area (Å²) in [5.41, 5.74) is 3.77. The zero-order valence-corrected chi connectivity index (χ0v) is 21.7. The van der Waals surface area contributed by atoms with Gasteiger partial charge in [0.25, 0.3) is 0 Å². The second-order valence-corrected chi connectivity index (χ2v) is 11.2. The molecule has 0 unspecified atom stereocenters. The third-order valence-corrected chi connectivity index (χ3v) is 8.66. The minimum Gasteiger partial charge on any atom is -0.355 e. The van der Waals surface area contributed by atoms with Crippen LogP contribution in [-0.2, 0) is 17.5 Å². The van der Waals surface area contributed by atoms with Crippen LogP contribution < -0.4 is 10.2 Å². The lowest BCUT2D eigenvalue weighted by Gasteiger charge is -2.33. The van der Waals surface area contributed by atoms with Gasteiger partial charge in [0.05, 0.1) is 32.6 Å². The number of thiophene rings is 1. The first-order valence-corrected chi connectivity index (χ1v) is 13.8. The van der Waals surface area contributed by atoms with Crippen molar-refractivity contribution in [2.45, 2.75) is 25.6 Å². The number of aromatic nitrogens is 3. The highest BCUT2D eigenvalue weighted by Gasteiger charge is 2.30. The van der Waals surface area contributed by atoms with Crippen molar-refractivity contribution in [3.63, 3.8) is 0 Å². The number of carbonyl (C=O) groups excluding carboxylic acids is 1. The van der Waals surface area contributed by atoms with Crippen LogP contribution in [0.2, 0.25) is 0 Å². The van der Waals surface area contributed by atoms with Gasteiger partial charge in [0.15, 0.2) is 0 Å². The number of fused-ring (bicyclic) bond motifs is 2. The van der Waals surface area contributed by atoms with Crippen LogP contribution >= 0.6 is 22.7 Å². The first kappa shape index (κ1) is 24.7. The van der Waals surface area contributed by atoms with Gasteiger partial charge in [0, 0.05) is 24.5 Å². The second kappa shape index (κ2) is 9.95. The summed E-state index contributed by atoms with van der Waals surface area (Å²) in [5.74, 6) is 0.579. The maximum absolute atomic E-state index is 13.1. The molecule has 3 aromatic heterocycles. The molecule has 1 N–H and O–H groups in total. The van der Waals surface area contributed by atoms with E-state index in [0.29, 0.717) is 18.7 Å². The van der Waals surface area contributed by atoms with Crippen molar-refractivity contribution in [3.05, 3.63) is 71.5 Å². The predicted molar refractivity (Wildman–Crippen MR) is 144 cm³/mol. The van der Waals surface area contributed by atoms with E-state index in [1.54, 1.807) is 11.3 Å². The van der Waals surface area contributed by atoms with Crippen molar-refractivity contribution < 1.29 is 18.0 Å². The smallest absolute Gasteiger partial charge is 0.355 e. The summed E-state index contributed by atoms with van der Waals surface area (Å²) < 4.78 is 40.0. The second-order valence-electron chi connectivity index (χ2n) is 9.26. The number of rotatable bonds is 5. The van der Waals surface area contributed by atoms with Crippen molar-refractivity contribution in [1.82, 2.24) is 20.3 Å². The number of alkyl halides is 3. The SMILES string of the molecule is O=C(NCc1ccc2scnc2c1)[C@H]1CCCN(c2ncnc3sc(-c4ccc(C(F)(F)F)cc4)cc23)C1. The van der Waals surface area contributed by atoms with Gasteiger partial charge in [-0.25, -0.2) is 15.0 Å². The molecule has 1 saturated heterocycles. The van der Waals surface area contributed by atoms with E-state index in [2.05, 4.69) is 25.2 Å². The van der Waals surface area contributed by atoms with Gasteiger partial charge < -0.3 is 10.2 Å². The van der Waals surface area contributed by atoms with Crippen LogP contribution in [0.1, 0.15) is 24.0 Å². The van der Waals surface area contributed by atoms with Crippen LogP contribution in [0.4, 0.5) is 19.0 Å². The van der Waals surface area contributed by atoms with E-state index in [0.717, 1.165) is 68.2 Å². The van der Waals surface area contributed by atoms with Crippen molar-refractivity contribution in [1.29, 1.82) is 0 Å². The van der Waals surface area contributed by atoms with Gasteiger partial charge in [-0.3, -0.25) is 4.79 Å². The number of hydrogen-bond donors (Lipinski definition) is 1. The first-order chi connectivity index (χ1) is 18.3. The first-order valence-electron chi connectivity index (χ1n) is 12.1. The summed E-state index contributed by atoms with van der Waals surface area (Å²) >= 11 is 3.00. The quantitative estimate of drug-likeness (QED) is 0.268. The summed E-state index contributed by atoms with van der Waals surface area (Å²) in [7, 11) is 0. The number of halogens is 3. The van der Waals surface area contributed by atoms with Crippen molar-refractivity contribution in [2.75, 3.05) is 18.0 Å². The number of piperidine rings is 1. The number of nitrogens with one attached hydrogen (secondary N) is 1. The van der Waals surface area contributed by atoms with Crippen LogP contribution in [-0.4, -0.2) is 33.9 Å². The average molecular weight is 554 g/mol. The van der Waals surface area contributed by atoms with Crippen molar-refractivity contribution in [3.8, 4) is 10.4 Å². The lowest BCUT2D eigenvalue weighted by Crippen LogP contribution is -2.43. The average Bonchev–Trinajstić information content (AvgIpc) is 3.58. The molecule has 6 rings (SSSR count). The Bertz CT molecular complexity index is 1610. The molecule has 0 spiro atoms. The van der Waals surface area contributed by atoms with Crippen molar-refractivity contribution >= 4 is 54.8 Å². The Morgan fingerprint density at radius 1 is 1.08 bits per heavy atom. The number of amides is 1. The molecule has 194 valence electrons. The summed E-state index contributed by atoms with van der Waals surface area (Å²) in [6, 6.07) is 13.1. The Hall–Kier alpha value is -3.57. The van der Waals surface area contributed by atoms with Crippen LogP contribution in [0.5, 0.6) is 0 Å². The Morgan fingerprint density at radius 2 is 1.92 bits per heavy atom. The fourth-order valence-electron chi connectivity index (χ4n) is 4.79. The van der Waals surface area contributed by atoms with Gasteiger partial charge in [0.1, 0.15) is 17.0 Å². The standard InChI is InChI=1S/C27H22F3N5OS2/c28-27(29,30)19-6-4-17(5-7-19)23-11-20-24(32-14-33-26(20)38-23)35-9-1-2-18(13-35)25(36)31-12-16-3-8-22-21(10-16)34-15-37-22/h3-8,10-11,14-15,18H,1-2,9,12-13H2,(H,31,36)/t18-/m0/s1. The van der Waals surface area contributed by atoms with Gasteiger partial charge in [-0.1, -0.05) is 18.2 Å². The number of benzene rings is 2. The fourth-order valence-corrected chi connectivity index (χ4v) is 6.45. The summed E-state index contributed by atoms with van der Waals surface area (Å²) in [4.78, 5) is 30.0. The highest BCUT2D eigenvalue weighted by atomic mass is 32.1. The van der Waals surface area contributed by atoms with E-state index >= 15 is 0 Å². The zero-order chi connectivity index (χ0) is 26.3. The molecule has 0 saturated carbocycles. The lowest BCUT2D eigenvalue weighted by molar-refractivity contribution is -0.137. The summed E-state index contributed by atoms with van der Waals surface area (Å²) in [6.07, 6.45) is -1.22. The minimum atomic E-state index is -4.37. The summed E-state index contributed by atoms with van der Waals surface area (Å²) in [6.45, 7) is 1.75. The number of anilines is 1. The Labute approximate surface area is 224 Å². The largest absolute Gasteiger partial charge is 0.416 e. The molecule has 1 amide bonds. The molecule has 38 heavy (non-hydrogen) atoms. The van der Waals surface area contributed by atoms with E-state index in [4.69, 9.17) is 0 Å². The highest BCUT2D eigenvalue weighted by Crippen LogP contribution is 2.38. The zero-order valence-electron chi connectivity index (χ0n) is 20.0. The van der Waals surface area contributed by atoms with Gasteiger partial charge in [0.2, 0.25) is 5.91 Å². The fraction of sp³-hybridized carbons (Fsp3) is 0.259. The third kappa shape index (κ3) is 4.95. The maximum atomic E-state index is 13.1. The molecule has 1 aliphatic heterocycles. The monoisotopic (exact) mass is 553 g/mol. The molecule has 0 aliphatic carbocycles. The Morgan fingerprint density at radius 3 is 2.74 bits per heavy atom. The van der Waals surface area contributed by atoms with Crippen molar-refractivity contribution in [2.24, 2.45) is 5.92 Å². The van der Waals surface area contributed by atoms with Gasteiger partial charge >= 0.3 is 6.18 Å². The molecule has 5 aromatic rings.